The predicted octanol–water partition coefficient (Wildman–Crippen LogP) is 0.359. The quantitative estimate of drug-likeness (QED) is 0.616. The smallest absolute Gasteiger partial charge is 0.269 e. The summed E-state index contributed by atoms with van der Waals surface area (Å²) in [4.78, 5) is 34.1. The number of nitrogens with zero attached hydrogens (tertiary/aromatic N) is 2. The van der Waals surface area contributed by atoms with Gasteiger partial charge in [-0.3, -0.25) is 19.7 Å². The number of aryl methyl sites for hydroxylation is 1. The number of nitro groups is 1. The number of non-ortho nitro benzene ring substituents is 1. The van der Waals surface area contributed by atoms with Gasteiger partial charge in [-0.05, 0) is 18.1 Å². The molecule has 0 saturated heterocycles. The number of fused-ring (bicyclic) bond motifs is 1. The minimum Gasteiger partial charge on any atom is -0.368 e. The summed E-state index contributed by atoms with van der Waals surface area (Å²) in [5.41, 5.74) is 6.26. The monoisotopic (exact) mass is 249 g/mol. The van der Waals surface area contributed by atoms with Crippen LogP contribution in [-0.2, 0) is 16.0 Å². The average Bonchev–Trinajstić information content (AvgIpc) is 2.31. The molecule has 0 bridgehead atoms. The summed E-state index contributed by atoms with van der Waals surface area (Å²) in [5, 5.41) is 10.7. The maximum Gasteiger partial charge on any atom is 0.269 e. The number of nitro benzene ring substituents is 1. The van der Waals surface area contributed by atoms with E-state index in [9.17, 15) is 19.7 Å². The molecule has 0 unspecified atom stereocenters. The highest BCUT2D eigenvalue weighted by Crippen LogP contribution is 2.30. The first kappa shape index (κ1) is 12.0. The van der Waals surface area contributed by atoms with Crippen LogP contribution in [0, 0.1) is 10.1 Å². The number of carbonyl (C=O) groups is 2. The SMILES string of the molecule is NC(=O)CN1C(=O)CCc2cc([N+](=O)[O-])ccc21. The second-order valence-electron chi connectivity index (χ2n) is 4.02. The molecule has 1 aliphatic rings. The minimum absolute atomic E-state index is 0.0258. The largest absolute Gasteiger partial charge is 0.368 e. The number of hydrogen-bond donors (Lipinski definition) is 1. The average molecular weight is 249 g/mol. The molecule has 0 aromatic heterocycles. The number of primary amides is 1. The third-order valence-electron chi connectivity index (χ3n) is 2.79. The van der Waals surface area contributed by atoms with E-state index in [1.54, 1.807) is 0 Å². The predicted molar refractivity (Wildman–Crippen MR) is 63.0 cm³/mol. The number of amides is 2. The number of rotatable bonds is 3. The Morgan fingerprint density at radius 3 is 2.78 bits per heavy atom. The van der Waals surface area contributed by atoms with Crippen molar-refractivity contribution in [2.75, 3.05) is 11.4 Å². The fourth-order valence-electron chi connectivity index (χ4n) is 1.99. The molecule has 18 heavy (non-hydrogen) atoms. The number of carbonyl (C=O) groups excluding carboxylic acids is 2. The molecule has 1 aromatic rings. The fourth-order valence-corrected chi connectivity index (χ4v) is 1.99. The van der Waals surface area contributed by atoms with E-state index < -0.39 is 10.8 Å². The molecule has 0 saturated carbocycles. The van der Waals surface area contributed by atoms with E-state index in [2.05, 4.69) is 0 Å². The van der Waals surface area contributed by atoms with Crippen LogP contribution in [0.4, 0.5) is 11.4 Å². The molecule has 0 fully saturated rings. The fraction of sp³-hybridized carbons (Fsp3) is 0.273. The molecule has 0 radical (unpaired) electrons. The van der Waals surface area contributed by atoms with Gasteiger partial charge in [0.1, 0.15) is 6.54 Å². The lowest BCUT2D eigenvalue weighted by molar-refractivity contribution is -0.384. The van der Waals surface area contributed by atoms with Crippen molar-refractivity contribution in [2.24, 2.45) is 5.73 Å². The van der Waals surface area contributed by atoms with Crippen LogP contribution in [0.3, 0.4) is 0 Å². The summed E-state index contributed by atoms with van der Waals surface area (Å²) in [6, 6.07) is 4.22. The highest BCUT2D eigenvalue weighted by atomic mass is 16.6. The van der Waals surface area contributed by atoms with Crippen molar-refractivity contribution in [1.82, 2.24) is 0 Å². The van der Waals surface area contributed by atoms with Gasteiger partial charge < -0.3 is 10.6 Å². The normalized spacial score (nSPS) is 14.2. The maximum atomic E-state index is 11.7. The van der Waals surface area contributed by atoms with E-state index in [0.29, 0.717) is 17.7 Å². The molecule has 1 aromatic carbocycles. The summed E-state index contributed by atoms with van der Waals surface area (Å²) in [6.07, 6.45) is 0.659. The van der Waals surface area contributed by atoms with Gasteiger partial charge >= 0.3 is 0 Å². The van der Waals surface area contributed by atoms with Gasteiger partial charge in [0, 0.05) is 24.2 Å². The van der Waals surface area contributed by atoms with Gasteiger partial charge in [-0.2, -0.15) is 0 Å². The molecule has 2 rings (SSSR count). The minimum atomic E-state index is -0.616. The van der Waals surface area contributed by atoms with Crippen molar-refractivity contribution in [3.8, 4) is 0 Å². The van der Waals surface area contributed by atoms with Crippen LogP contribution in [0.25, 0.3) is 0 Å². The Morgan fingerprint density at radius 2 is 2.17 bits per heavy atom. The zero-order chi connectivity index (χ0) is 13.3. The molecule has 0 aliphatic carbocycles. The zero-order valence-electron chi connectivity index (χ0n) is 9.46. The van der Waals surface area contributed by atoms with E-state index in [4.69, 9.17) is 5.73 Å². The number of anilines is 1. The van der Waals surface area contributed by atoms with Gasteiger partial charge in [0.2, 0.25) is 11.8 Å². The molecule has 2 amide bonds. The molecule has 7 heteroatoms. The Labute approximate surface area is 102 Å². The van der Waals surface area contributed by atoms with Gasteiger partial charge in [-0.25, -0.2) is 0 Å². The second kappa shape index (κ2) is 4.44. The first-order valence-corrected chi connectivity index (χ1v) is 5.35. The highest BCUT2D eigenvalue weighted by molar-refractivity contribution is 6.00. The molecule has 94 valence electrons. The van der Waals surface area contributed by atoms with Crippen LogP contribution in [-0.4, -0.2) is 23.3 Å². The molecule has 0 spiro atoms. The third kappa shape index (κ3) is 2.15. The number of hydrogen-bond acceptors (Lipinski definition) is 4. The summed E-state index contributed by atoms with van der Waals surface area (Å²) >= 11 is 0. The van der Waals surface area contributed by atoms with Crippen molar-refractivity contribution in [3.63, 3.8) is 0 Å². The Balaban J connectivity index is 2.41. The van der Waals surface area contributed by atoms with Crippen molar-refractivity contribution < 1.29 is 14.5 Å². The molecule has 1 aliphatic heterocycles. The third-order valence-corrected chi connectivity index (χ3v) is 2.79. The first-order chi connectivity index (χ1) is 8.49. The van der Waals surface area contributed by atoms with Crippen LogP contribution in [0.15, 0.2) is 18.2 Å². The molecule has 7 nitrogen and oxygen atoms in total. The zero-order valence-corrected chi connectivity index (χ0v) is 9.46. The Bertz CT molecular complexity index is 541. The highest BCUT2D eigenvalue weighted by Gasteiger charge is 2.26. The summed E-state index contributed by atoms with van der Waals surface area (Å²) in [5.74, 6) is -0.815. The number of benzene rings is 1. The van der Waals surface area contributed by atoms with E-state index >= 15 is 0 Å². The standard InChI is InChI=1S/C11H11N3O4/c12-10(15)6-13-9-3-2-8(14(17)18)5-7(9)1-4-11(13)16/h2-3,5H,1,4,6H2,(H2,12,15). The maximum absolute atomic E-state index is 11.7. The van der Waals surface area contributed by atoms with Crippen LogP contribution < -0.4 is 10.6 Å². The van der Waals surface area contributed by atoms with Gasteiger partial charge in [0.25, 0.3) is 5.69 Å². The van der Waals surface area contributed by atoms with Crippen LogP contribution in [0.1, 0.15) is 12.0 Å². The lowest BCUT2D eigenvalue weighted by atomic mass is 10.0. The lowest BCUT2D eigenvalue weighted by Gasteiger charge is -2.28. The molecular weight excluding hydrogens is 238 g/mol. The molecular formula is C11H11N3O4. The Hall–Kier alpha value is -2.44. The van der Waals surface area contributed by atoms with Crippen molar-refractivity contribution in [1.29, 1.82) is 0 Å². The molecule has 0 atom stereocenters. The summed E-state index contributed by atoms with van der Waals surface area (Å²) in [6.45, 7) is -0.205. The molecule has 1 heterocycles. The number of nitrogens with two attached hydrogens (primary N) is 1. The van der Waals surface area contributed by atoms with Gasteiger partial charge in [-0.1, -0.05) is 0 Å². The van der Waals surface area contributed by atoms with E-state index in [0.717, 1.165) is 0 Å². The van der Waals surface area contributed by atoms with E-state index in [-0.39, 0.29) is 24.6 Å². The Kier molecular flexibility index (Phi) is 2.97. The van der Waals surface area contributed by atoms with Crippen molar-refractivity contribution in [2.45, 2.75) is 12.8 Å². The van der Waals surface area contributed by atoms with Crippen molar-refractivity contribution >= 4 is 23.2 Å². The Morgan fingerprint density at radius 1 is 1.44 bits per heavy atom. The van der Waals surface area contributed by atoms with Gasteiger partial charge in [0.05, 0.1) is 4.92 Å². The summed E-state index contributed by atoms with van der Waals surface area (Å²) < 4.78 is 0. The van der Waals surface area contributed by atoms with E-state index in [1.807, 2.05) is 0 Å². The summed E-state index contributed by atoms with van der Waals surface area (Å²) in [7, 11) is 0. The van der Waals surface area contributed by atoms with E-state index in [1.165, 1.54) is 23.1 Å². The van der Waals surface area contributed by atoms with Crippen LogP contribution >= 0.6 is 0 Å². The van der Waals surface area contributed by atoms with Crippen LogP contribution in [0.2, 0.25) is 0 Å². The van der Waals surface area contributed by atoms with Crippen LogP contribution in [0.5, 0.6) is 0 Å². The van der Waals surface area contributed by atoms with Crippen molar-refractivity contribution in [3.05, 3.63) is 33.9 Å². The van der Waals surface area contributed by atoms with Gasteiger partial charge in [-0.15, -0.1) is 0 Å². The van der Waals surface area contributed by atoms with Gasteiger partial charge in [0.15, 0.2) is 0 Å². The lowest BCUT2D eigenvalue weighted by Crippen LogP contribution is -2.41. The first-order valence-electron chi connectivity index (χ1n) is 5.35. The topological polar surface area (TPSA) is 107 Å². The second-order valence-corrected chi connectivity index (χ2v) is 4.02. The molecule has 2 N–H and O–H groups in total.